The molecule has 0 atom stereocenters. The quantitative estimate of drug-likeness (QED) is 0.702. The molecule has 21 heavy (non-hydrogen) atoms. The van der Waals surface area contributed by atoms with E-state index in [4.69, 9.17) is 5.11 Å². The Labute approximate surface area is 119 Å². The van der Waals surface area contributed by atoms with Crippen LogP contribution in [0.3, 0.4) is 0 Å². The summed E-state index contributed by atoms with van der Waals surface area (Å²) in [5.41, 5.74) is 0.746. The molecular formula is C14H15N3O4. The lowest BCUT2D eigenvalue weighted by Crippen LogP contribution is -2.30. The van der Waals surface area contributed by atoms with Gasteiger partial charge in [-0.1, -0.05) is 12.1 Å². The van der Waals surface area contributed by atoms with Crippen molar-refractivity contribution < 1.29 is 9.90 Å². The summed E-state index contributed by atoms with van der Waals surface area (Å²) in [4.78, 5) is 40.4. The zero-order chi connectivity index (χ0) is 15.2. The maximum Gasteiger partial charge on any atom is 0.317 e. The third-order valence-electron chi connectivity index (χ3n) is 2.80. The van der Waals surface area contributed by atoms with Gasteiger partial charge in [0.25, 0.3) is 0 Å². The Bertz CT molecular complexity index is 679. The van der Waals surface area contributed by atoms with E-state index in [0.717, 1.165) is 0 Å². The van der Waals surface area contributed by atoms with Gasteiger partial charge >= 0.3 is 5.97 Å². The second-order valence-electron chi connectivity index (χ2n) is 4.62. The van der Waals surface area contributed by atoms with Crippen LogP contribution in [0.5, 0.6) is 0 Å². The maximum absolute atomic E-state index is 11.3. The van der Waals surface area contributed by atoms with Gasteiger partial charge in [0, 0.05) is 36.6 Å². The largest absolute Gasteiger partial charge is 0.480 e. The molecule has 110 valence electrons. The van der Waals surface area contributed by atoms with Crippen LogP contribution in [0.25, 0.3) is 0 Å². The van der Waals surface area contributed by atoms with Crippen LogP contribution < -0.4 is 11.1 Å². The number of pyridine rings is 2. The van der Waals surface area contributed by atoms with Gasteiger partial charge in [-0.3, -0.25) is 19.3 Å². The summed E-state index contributed by atoms with van der Waals surface area (Å²) in [6.07, 6.45) is 0. The minimum atomic E-state index is -0.980. The fourth-order valence-corrected chi connectivity index (χ4v) is 2.01. The number of aromatic amines is 2. The number of carbonyl (C=O) groups is 1. The van der Waals surface area contributed by atoms with Crippen LogP contribution in [0.4, 0.5) is 0 Å². The van der Waals surface area contributed by atoms with Crippen LogP contribution in [0.2, 0.25) is 0 Å². The summed E-state index contributed by atoms with van der Waals surface area (Å²) in [5.74, 6) is -0.980. The highest BCUT2D eigenvalue weighted by atomic mass is 16.4. The molecule has 3 N–H and O–H groups in total. The number of nitrogens with zero attached hydrogens (tertiary/aromatic N) is 1. The Kier molecular flexibility index (Phi) is 4.68. The van der Waals surface area contributed by atoms with E-state index in [-0.39, 0.29) is 30.8 Å². The number of aromatic nitrogens is 2. The van der Waals surface area contributed by atoms with Crippen LogP contribution in [0, 0.1) is 0 Å². The van der Waals surface area contributed by atoms with Gasteiger partial charge < -0.3 is 15.1 Å². The van der Waals surface area contributed by atoms with Gasteiger partial charge in [0.2, 0.25) is 11.1 Å². The van der Waals surface area contributed by atoms with Crippen molar-refractivity contribution in [1.82, 2.24) is 14.9 Å². The van der Waals surface area contributed by atoms with E-state index >= 15 is 0 Å². The van der Waals surface area contributed by atoms with Crippen molar-refractivity contribution >= 4 is 5.97 Å². The molecule has 7 nitrogen and oxygen atoms in total. The Hall–Kier alpha value is -2.67. The summed E-state index contributed by atoms with van der Waals surface area (Å²) < 4.78 is 0. The van der Waals surface area contributed by atoms with E-state index < -0.39 is 5.97 Å². The lowest BCUT2D eigenvalue weighted by Gasteiger charge is -2.19. The standard InChI is InChI=1S/C14H15N3O4/c18-12-5-1-3-10(15-12)7-17(9-14(20)21)8-11-4-2-6-13(19)16-11/h1-6H,7-9H2,(H,15,18)(H,16,19)(H,20,21). The van der Waals surface area contributed by atoms with Crippen LogP contribution >= 0.6 is 0 Å². The van der Waals surface area contributed by atoms with Crippen molar-refractivity contribution in [3.63, 3.8) is 0 Å². The van der Waals surface area contributed by atoms with Crippen LogP contribution in [-0.2, 0) is 17.9 Å². The Morgan fingerprint density at radius 1 is 0.952 bits per heavy atom. The molecule has 0 unspecified atom stereocenters. The van der Waals surface area contributed by atoms with E-state index in [0.29, 0.717) is 11.4 Å². The van der Waals surface area contributed by atoms with E-state index in [1.165, 1.54) is 12.1 Å². The minimum absolute atomic E-state index is 0.201. The molecule has 0 spiro atoms. The van der Waals surface area contributed by atoms with E-state index in [1.807, 2.05) is 0 Å². The second-order valence-corrected chi connectivity index (χ2v) is 4.62. The summed E-state index contributed by atoms with van der Waals surface area (Å²) in [7, 11) is 0. The van der Waals surface area contributed by atoms with E-state index in [9.17, 15) is 14.4 Å². The summed E-state index contributed by atoms with van der Waals surface area (Å²) >= 11 is 0. The van der Waals surface area contributed by atoms with Crippen LogP contribution in [0.15, 0.2) is 46.0 Å². The van der Waals surface area contributed by atoms with Crippen molar-refractivity contribution in [2.24, 2.45) is 0 Å². The molecule has 2 aromatic heterocycles. The highest BCUT2D eigenvalue weighted by molar-refractivity contribution is 5.69. The zero-order valence-electron chi connectivity index (χ0n) is 11.2. The summed E-state index contributed by atoms with van der Waals surface area (Å²) in [5, 5.41) is 8.96. The smallest absolute Gasteiger partial charge is 0.317 e. The molecule has 0 radical (unpaired) electrons. The highest BCUT2D eigenvalue weighted by Crippen LogP contribution is 2.05. The number of carboxylic acids is 1. The fraction of sp³-hybridized carbons (Fsp3) is 0.214. The van der Waals surface area contributed by atoms with Crippen molar-refractivity contribution in [2.75, 3.05) is 6.54 Å². The molecule has 0 saturated heterocycles. The molecule has 0 saturated carbocycles. The SMILES string of the molecule is O=C(O)CN(Cc1cccc(=O)[nH]1)Cc1cccc(=O)[nH]1. The lowest BCUT2D eigenvalue weighted by atomic mass is 10.3. The van der Waals surface area contributed by atoms with Gasteiger partial charge in [-0.25, -0.2) is 0 Å². The monoisotopic (exact) mass is 289 g/mol. The van der Waals surface area contributed by atoms with Gasteiger partial charge in [0.1, 0.15) is 0 Å². The van der Waals surface area contributed by atoms with Crippen LogP contribution in [-0.4, -0.2) is 32.5 Å². The van der Waals surface area contributed by atoms with E-state index in [1.54, 1.807) is 29.2 Å². The predicted molar refractivity (Wildman–Crippen MR) is 75.9 cm³/mol. The average molecular weight is 289 g/mol. The Morgan fingerprint density at radius 3 is 1.81 bits per heavy atom. The zero-order valence-corrected chi connectivity index (χ0v) is 11.2. The van der Waals surface area contributed by atoms with Crippen molar-refractivity contribution in [1.29, 1.82) is 0 Å². The molecule has 0 aliphatic rings. The molecule has 0 aromatic carbocycles. The predicted octanol–water partition coefficient (Wildman–Crippen LogP) is 0.150. The second kappa shape index (κ2) is 6.67. The number of hydrogen-bond donors (Lipinski definition) is 3. The van der Waals surface area contributed by atoms with Gasteiger partial charge in [0.05, 0.1) is 6.54 Å². The first-order chi connectivity index (χ1) is 10.0. The third-order valence-corrected chi connectivity index (χ3v) is 2.80. The Balaban J connectivity index is 2.16. The third kappa shape index (κ3) is 4.73. The number of nitrogens with one attached hydrogen (secondary N) is 2. The Morgan fingerprint density at radius 2 is 1.43 bits per heavy atom. The first-order valence-corrected chi connectivity index (χ1v) is 6.33. The minimum Gasteiger partial charge on any atom is -0.480 e. The number of carboxylic acid groups (broad SMARTS) is 1. The number of hydrogen-bond acceptors (Lipinski definition) is 4. The topological polar surface area (TPSA) is 106 Å². The average Bonchev–Trinajstić information content (AvgIpc) is 2.37. The van der Waals surface area contributed by atoms with E-state index in [2.05, 4.69) is 9.97 Å². The molecule has 0 aliphatic carbocycles. The van der Waals surface area contributed by atoms with Gasteiger partial charge in [0.15, 0.2) is 0 Å². The first kappa shape index (κ1) is 14.7. The van der Waals surface area contributed by atoms with Crippen LogP contribution in [0.1, 0.15) is 11.4 Å². The molecule has 0 bridgehead atoms. The highest BCUT2D eigenvalue weighted by Gasteiger charge is 2.12. The maximum atomic E-state index is 11.3. The molecule has 0 fully saturated rings. The molecule has 0 aliphatic heterocycles. The molecule has 7 heteroatoms. The van der Waals surface area contributed by atoms with Gasteiger partial charge in [-0.15, -0.1) is 0 Å². The van der Waals surface area contributed by atoms with Gasteiger partial charge in [-0.2, -0.15) is 0 Å². The number of H-pyrrole nitrogens is 2. The van der Waals surface area contributed by atoms with Crippen molar-refractivity contribution in [3.8, 4) is 0 Å². The number of rotatable bonds is 6. The fourth-order valence-electron chi connectivity index (χ4n) is 2.01. The molecule has 0 amide bonds. The van der Waals surface area contributed by atoms with Crippen molar-refractivity contribution in [2.45, 2.75) is 13.1 Å². The molecule has 2 rings (SSSR count). The normalized spacial score (nSPS) is 10.7. The molecule has 2 heterocycles. The first-order valence-electron chi connectivity index (χ1n) is 6.33. The molecule has 2 aromatic rings. The summed E-state index contributed by atoms with van der Waals surface area (Å²) in [6.45, 7) is 0.326. The lowest BCUT2D eigenvalue weighted by molar-refractivity contribution is -0.138. The summed E-state index contributed by atoms with van der Waals surface area (Å²) in [6, 6.07) is 9.42. The number of aliphatic carboxylic acids is 1. The van der Waals surface area contributed by atoms with Crippen molar-refractivity contribution in [3.05, 3.63) is 68.5 Å². The van der Waals surface area contributed by atoms with Gasteiger partial charge in [-0.05, 0) is 12.1 Å². The molecular weight excluding hydrogens is 274 g/mol.